The summed E-state index contributed by atoms with van der Waals surface area (Å²) >= 11 is 0. The van der Waals surface area contributed by atoms with E-state index in [-0.39, 0.29) is 0 Å². The van der Waals surface area contributed by atoms with Gasteiger partial charge in [0.05, 0.1) is 16.8 Å². The van der Waals surface area contributed by atoms with Gasteiger partial charge in [0.15, 0.2) is 0 Å². The summed E-state index contributed by atoms with van der Waals surface area (Å²) in [6.45, 7) is 0.781. The number of nitrogens with zero attached hydrogens (tertiary/aromatic N) is 3. The first-order chi connectivity index (χ1) is 10.4. The second-order valence-corrected chi connectivity index (χ2v) is 4.74. The molecule has 0 spiro atoms. The van der Waals surface area contributed by atoms with Crippen molar-refractivity contribution in [3.8, 4) is 6.07 Å². The number of nitrogens with one attached hydrogen (secondary N) is 2. The third kappa shape index (κ3) is 2.84. The van der Waals surface area contributed by atoms with E-state index in [1.165, 1.54) is 0 Å². The molecule has 5 nitrogen and oxygen atoms in total. The van der Waals surface area contributed by atoms with Crippen molar-refractivity contribution in [3.63, 3.8) is 0 Å². The molecule has 2 aromatic heterocycles. The van der Waals surface area contributed by atoms with Gasteiger partial charge in [-0.25, -0.2) is 4.98 Å². The summed E-state index contributed by atoms with van der Waals surface area (Å²) in [5, 5.41) is 13.6. The normalized spacial score (nSPS) is 10.4. The summed E-state index contributed by atoms with van der Waals surface area (Å²) in [7, 11) is 0. The van der Waals surface area contributed by atoms with E-state index in [4.69, 9.17) is 0 Å². The highest BCUT2D eigenvalue weighted by Crippen LogP contribution is 2.25. The quantitative estimate of drug-likeness (QED) is 0.703. The Hall–Kier alpha value is -2.87. The summed E-state index contributed by atoms with van der Waals surface area (Å²) in [6.07, 6.45) is 7.02. The fourth-order valence-electron chi connectivity index (χ4n) is 2.32. The molecule has 0 aliphatic heterocycles. The number of hydrogen-bond acceptors (Lipinski definition) is 4. The maximum atomic E-state index is 9.24. The third-order valence-corrected chi connectivity index (χ3v) is 3.34. The smallest absolute Gasteiger partial charge is 0.106 e. The first kappa shape index (κ1) is 13.1. The Balaban J connectivity index is 1.74. The van der Waals surface area contributed by atoms with E-state index in [1.54, 1.807) is 12.4 Å². The second kappa shape index (κ2) is 6.06. The van der Waals surface area contributed by atoms with Gasteiger partial charge >= 0.3 is 0 Å². The highest BCUT2D eigenvalue weighted by atomic mass is 14.9. The zero-order chi connectivity index (χ0) is 14.5. The molecule has 21 heavy (non-hydrogen) atoms. The molecule has 3 rings (SSSR count). The van der Waals surface area contributed by atoms with Crippen LogP contribution in [0.4, 0.5) is 5.69 Å². The molecule has 2 heterocycles. The van der Waals surface area contributed by atoms with Gasteiger partial charge in [-0.1, -0.05) is 18.2 Å². The standard InChI is InChI=1S/C16H15N5/c17-10-12-11-21-14-5-2-1-4-13(14)16(12)20-7-3-6-15-18-8-9-19-15/h1-2,4-5,8-9,11H,3,6-7H2,(H,18,19)(H,20,21). The monoisotopic (exact) mass is 277 g/mol. The fraction of sp³-hybridized carbons (Fsp3) is 0.188. The Morgan fingerprint density at radius 1 is 1.24 bits per heavy atom. The van der Waals surface area contributed by atoms with Gasteiger partial charge in [0.1, 0.15) is 11.9 Å². The van der Waals surface area contributed by atoms with E-state index in [0.29, 0.717) is 5.56 Å². The SMILES string of the molecule is N#Cc1cnc2ccccc2c1NCCCc1ncc[nH]1. The van der Waals surface area contributed by atoms with E-state index in [2.05, 4.69) is 26.3 Å². The lowest BCUT2D eigenvalue weighted by molar-refractivity contribution is 0.817. The molecule has 0 amide bonds. The molecule has 1 aromatic carbocycles. The number of aryl methyl sites for hydroxylation is 1. The van der Waals surface area contributed by atoms with Crippen molar-refractivity contribution in [3.05, 3.63) is 54.2 Å². The van der Waals surface area contributed by atoms with Crippen molar-refractivity contribution in [1.29, 1.82) is 5.26 Å². The predicted molar refractivity (Wildman–Crippen MR) is 81.9 cm³/mol. The number of rotatable bonds is 5. The Labute approximate surface area is 122 Å². The van der Waals surface area contributed by atoms with Gasteiger partial charge in [0, 0.05) is 36.9 Å². The number of aromatic amines is 1. The molecule has 0 saturated heterocycles. The number of pyridine rings is 1. The molecule has 0 atom stereocenters. The van der Waals surface area contributed by atoms with E-state index in [9.17, 15) is 5.26 Å². The van der Waals surface area contributed by atoms with Crippen LogP contribution in [0.3, 0.4) is 0 Å². The molecule has 2 N–H and O–H groups in total. The lowest BCUT2D eigenvalue weighted by Crippen LogP contribution is -2.06. The topological polar surface area (TPSA) is 77.4 Å². The van der Waals surface area contributed by atoms with Crippen LogP contribution in [0.5, 0.6) is 0 Å². The Morgan fingerprint density at radius 2 is 2.14 bits per heavy atom. The van der Waals surface area contributed by atoms with Gasteiger partial charge in [0.25, 0.3) is 0 Å². The molecule has 0 aliphatic rings. The molecule has 0 aliphatic carbocycles. The van der Waals surface area contributed by atoms with Crippen molar-refractivity contribution in [2.45, 2.75) is 12.8 Å². The third-order valence-electron chi connectivity index (χ3n) is 3.34. The predicted octanol–water partition coefficient (Wildman–Crippen LogP) is 2.87. The molecular formula is C16H15N5. The number of aromatic nitrogens is 3. The van der Waals surface area contributed by atoms with Crippen LogP contribution in [0.25, 0.3) is 10.9 Å². The van der Waals surface area contributed by atoms with Crippen molar-refractivity contribution in [1.82, 2.24) is 15.0 Å². The molecule has 104 valence electrons. The van der Waals surface area contributed by atoms with Crippen LogP contribution in [-0.2, 0) is 6.42 Å². The molecule has 5 heteroatoms. The highest BCUT2D eigenvalue weighted by molar-refractivity contribution is 5.93. The zero-order valence-corrected chi connectivity index (χ0v) is 11.5. The van der Waals surface area contributed by atoms with E-state index in [1.807, 2.05) is 30.5 Å². The minimum absolute atomic E-state index is 0.576. The van der Waals surface area contributed by atoms with Gasteiger partial charge in [-0.15, -0.1) is 0 Å². The van der Waals surface area contributed by atoms with Crippen LogP contribution in [0, 0.1) is 11.3 Å². The van der Waals surface area contributed by atoms with Gasteiger partial charge in [-0.3, -0.25) is 4.98 Å². The van der Waals surface area contributed by atoms with Crippen molar-refractivity contribution in [2.75, 3.05) is 11.9 Å². The minimum atomic E-state index is 0.576. The average molecular weight is 277 g/mol. The lowest BCUT2D eigenvalue weighted by atomic mass is 10.1. The maximum absolute atomic E-state index is 9.24. The molecule has 3 aromatic rings. The van der Waals surface area contributed by atoms with Crippen molar-refractivity contribution < 1.29 is 0 Å². The first-order valence-corrected chi connectivity index (χ1v) is 6.88. The number of benzene rings is 1. The summed E-state index contributed by atoms with van der Waals surface area (Å²) in [4.78, 5) is 11.6. The molecule has 0 unspecified atom stereocenters. The Morgan fingerprint density at radius 3 is 2.95 bits per heavy atom. The maximum Gasteiger partial charge on any atom is 0.106 e. The number of imidazole rings is 1. The van der Waals surface area contributed by atoms with Gasteiger partial charge in [-0.2, -0.15) is 5.26 Å². The fourth-order valence-corrected chi connectivity index (χ4v) is 2.32. The van der Waals surface area contributed by atoms with Gasteiger partial charge in [0.2, 0.25) is 0 Å². The minimum Gasteiger partial charge on any atom is -0.383 e. The van der Waals surface area contributed by atoms with Crippen LogP contribution < -0.4 is 5.32 Å². The summed E-state index contributed by atoms with van der Waals surface area (Å²) in [5.74, 6) is 0.983. The van der Waals surface area contributed by atoms with Crippen LogP contribution in [-0.4, -0.2) is 21.5 Å². The summed E-state index contributed by atoms with van der Waals surface area (Å²) in [6, 6.07) is 10.0. The number of para-hydroxylation sites is 1. The molecule has 0 bridgehead atoms. The lowest BCUT2D eigenvalue weighted by Gasteiger charge is -2.10. The first-order valence-electron chi connectivity index (χ1n) is 6.88. The van der Waals surface area contributed by atoms with Crippen LogP contribution >= 0.6 is 0 Å². The molecule has 0 saturated carbocycles. The van der Waals surface area contributed by atoms with E-state index < -0.39 is 0 Å². The van der Waals surface area contributed by atoms with Crippen LogP contribution in [0.2, 0.25) is 0 Å². The highest BCUT2D eigenvalue weighted by Gasteiger charge is 2.07. The molecule has 0 radical (unpaired) electrons. The number of fused-ring (bicyclic) bond motifs is 1. The number of anilines is 1. The van der Waals surface area contributed by atoms with E-state index in [0.717, 1.165) is 41.8 Å². The summed E-state index contributed by atoms with van der Waals surface area (Å²) < 4.78 is 0. The van der Waals surface area contributed by atoms with E-state index >= 15 is 0 Å². The van der Waals surface area contributed by atoms with Crippen molar-refractivity contribution in [2.24, 2.45) is 0 Å². The second-order valence-electron chi connectivity index (χ2n) is 4.74. The Kier molecular flexibility index (Phi) is 3.79. The summed E-state index contributed by atoms with van der Waals surface area (Å²) in [5.41, 5.74) is 2.33. The molecular weight excluding hydrogens is 262 g/mol. The molecule has 0 fully saturated rings. The average Bonchev–Trinajstić information content (AvgIpc) is 3.04. The van der Waals surface area contributed by atoms with Crippen LogP contribution in [0.1, 0.15) is 17.8 Å². The number of nitriles is 1. The van der Waals surface area contributed by atoms with Gasteiger partial charge < -0.3 is 10.3 Å². The largest absolute Gasteiger partial charge is 0.383 e. The Bertz CT molecular complexity index is 771. The number of H-pyrrole nitrogens is 1. The zero-order valence-electron chi connectivity index (χ0n) is 11.5. The van der Waals surface area contributed by atoms with Crippen molar-refractivity contribution >= 4 is 16.6 Å². The number of hydrogen-bond donors (Lipinski definition) is 2. The van der Waals surface area contributed by atoms with Crippen LogP contribution in [0.15, 0.2) is 42.9 Å². The van der Waals surface area contributed by atoms with Gasteiger partial charge in [-0.05, 0) is 12.5 Å².